The van der Waals surface area contributed by atoms with E-state index < -0.39 is 18.1 Å². The zero-order chi connectivity index (χ0) is 22.4. The third-order valence-corrected chi connectivity index (χ3v) is 5.51. The maximum Gasteiger partial charge on any atom is 0.407 e. The second kappa shape index (κ2) is 9.96. The van der Waals surface area contributed by atoms with Crippen LogP contribution in [0.15, 0.2) is 48.5 Å². The van der Waals surface area contributed by atoms with Crippen molar-refractivity contribution in [2.45, 2.75) is 57.5 Å². The molecule has 31 heavy (non-hydrogen) atoms. The maximum atomic E-state index is 12.3. The van der Waals surface area contributed by atoms with Crippen molar-refractivity contribution in [1.29, 1.82) is 0 Å². The molecule has 3 rings (SSSR count). The number of benzene rings is 2. The summed E-state index contributed by atoms with van der Waals surface area (Å²) in [5.41, 5.74) is 4.58. The standard InChI is InChI=1S/C25H32N2O4/c1-25(2,3)26-15-9-8-14-22(23(28)29)27-24(30)31-16-21-19-12-6-4-10-17(19)18-11-5-7-13-20(18)21/h4-7,10-13,21-22,26H,8-9,14-16H2,1-3H3,(H,27,30)(H,28,29)/t22-/m0/s1. The highest BCUT2D eigenvalue weighted by molar-refractivity contribution is 5.81. The van der Waals surface area contributed by atoms with Crippen LogP contribution in [0, 0.1) is 0 Å². The van der Waals surface area contributed by atoms with E-state index in [1.165, 1.54) is 0 Å². The van der Waals surface area contributed by atoms with Crippen LogP contribution in [0.5, 0.6) is 0 Å². The van der Waals surface area contributed by atoms with Crippen LogP contribution in [0.2, 0.25) is 0 Å². The van der Waals surface area contributed by atoms with E-state index in [1.54, 1.807) is 0 Å². The molecule has 0 fully saturated rings. The highest BCUT2D eigenvalue weighted by Crippen LogP contribution is 2.44. The van der Waals surface area contributed by atoms with E-state index in [0.29, 0.717) is 12.8 Å². The summed E-state index contributed by atoms with van der Waals surface area (Å²) < 4.78 is 5.47. The molecule has 0 aromatic heterocycles. The highest BCUT2D eigenvalue weighted by Gasteiger charge is 2.29. The predicted octanol–water partition coefficient (Wildman–Crippen LogP) is 4.54. The Kier molecular flexibility index (Phi) is 7.33. The lowest BCUT2D eigenvalue weighted by atomic mass is 9.98. The Bertz CT molecular complexity index is 874. The second-order valence-electron chi connectivity index (χ2n) is 9.03. The number of hydrogen-bond donors (Lipinski definition) is 3. The van der Waals surface area contributed by atoms with E-state index in [9.17, 15) is 14.7 Å². The third kappa shape index (κ3) is 6.07. The summed E-state index contributed by atoms with van der Waals surface area (Å²) in [4.78, 5) is 23.9. The van der Waals surface area contributed by atoms with Gasteiger partial charge in [-0.1, -0.05) is 48.5 Å². The van der Waals surface area contributed by atoms with Gasteiger partial charge in [0.05, 0.1) is 0 Å². The van der Waals surface area contributed by atoms with Crippen LogP contribution in [0.4, 0.5) is 4.79 Å². The van der Waals surface area contributed by atoms with Crippen molar-refractivity contribution in [3.05, 3.63) is 59.7 Å². The molecule has 1 aliphatic rings. The Morgan fingerprint density at radius 1 is 1.00 bits per heavy atom. The molecule has 1 atom stereocenters. The summed E-state index contributed by atoms with van der Waals surface area (Å²) in [5, 5.41) is 15.4. The Hall–Kier alpha value is -2.86. The van der Waals surface area contributed by atoms with Crippen LogP contribution in [-0.4, -0.2) is 41.9 Å². The van der Waals surface area contributed by atoms with Gasteiger partial charge in [-0.3, -0.25) is 0 Å². The highest BCUT2D eigenvalue weighted by atomic mass is 16.5. The van der Waals surface area contributed by atoms with E-state index in [-0.39, 0.29) is 18.1 Å². The first-order valence-electron chi connectivity index (χ1n) is 10.9. The smallest absolute Gasteiger partial charge is 0.407 e. The van der Waals surface area contributed by atoms with Gasteiger partial charge in [0, 0.05) is 11.5 Å². The van der Waals surface area contributed by atoms with Crippen molar-refractivity contribution in [1.82, 2.24) is 10.6 Å². The molecule has 1 aliphatic carbocycles. The Labute approximate surface area is 184 Å². The number of carbonyl (C=O) groups excluding carboxylic acids is 1. The van der Waals surface area contributed by atoms with Crippen LogP contribution in [-0.2, 0) is 9.53 Å². The molecule has 6 nitrogen and oxygen atoms in total. The lowest BCUT2D eigenvalue weighted by Gasteiger charge is -2.21. The van der Waals surface area contributed by atoms with Gasteiger partial charge in [-0.25, -0.2) is 9.59 Å². The molecule has 0 unspecified atom stereocenters. The number of carbonyl (C=O) groups is 2. The van der Waals surface area contributed by atoms with Crippen LogP contribution >= 0.6 is 0 Å². The van der Waals surface area contributed by atoms with Crippen molar-refractivity contribution in [2.24, 2.45) is 0 Å². The minimum atomic E-state index is -1.04. The minimum Gasteiger partial charge on any atom is -0.480 e. The molecule has 2 aromatic carbocycles. The van der Waals surface area contributed by atoms with Gasteiger partial charge in [0.2, 0.25) is 0 Å². The number of fused-ring (bicyclic) bond motifs is 3. The zero-order valence-electron chi connectivity index (χ0n) is 18.5. The van der Waals surface area contributed by atoms with Gasteiger partial charge in [0.1, 0.15) is 12.6 Å². The van der Waals surface area contributed by atoms with Crippen molar-refractivity contribution in [3.8, 4) is 11.1 Å². The maximum absolute atomic E-state index is 12.3. The number of aliphatic carboxylic acids is 1. The van der Waals surface area contributed by atoms with Crippen LogP contribution in [0.1, 0.15) is 57.1 Å². The molecule has 1 amide bonds. The predicted molar refractivity (Wildman–Crippen MR) is 121 cm³/mol. The van der Waals surface area contributed by atoms with Crippen LogP contribution in [0.3, 0.4) is 0 Å². The molecule has 166 valence electrons. The number of alkyl carbamates (subject to hydrolysis) is 1. The average molecular weight is 425 g/mol. The van der Waals surface area contributed by atoms with E-state index in [4.69, 9.17) is 4.74 Å². The number of unbranched alkanes of at least 4 members (excludes halogenated alkanes) is 1. The van der Waals surface area contributed by atoms with E-state index >= 15 is 0 Å². The fraction of sp³-hybridized carbons (Fsp3) is 0.440. The molecule has 0 spiro atoms. The lowest BCUT2D eigenvalue weighted by Crippen LogP contribution is -2.41. The first-order valence-corrected chi connectivity index (χ1v) is 10.9. The zero-order valence-corrected chi connectivity index (χ0v) is 18.5. The molecule has 2 aromatic rings. The number of carboxylic acids is 1. The fourth-order valence-electron chi connectivity index (χ4n) is 3.98. The van der Waals surface area contributed by atoms with Crippen molar-refractivity contribution in [2.75, 3.05) is 13.2 Å². The molecule has 3 N–H and O–H groups in total. The molecule has 0 saturated heterocycles. The van der Waals surface area contributed by atoms with Crippen LogP contribution in [0.25, 0.3) is 11.1 Å². The van der Waals surface area contributed by atoms with Gasteiger partial charge in [0.25, 0.3) is 0 Å². The van der Waals surface area contributed by atoms with Gasteiger partial charge in [-0.15, -0.1) is 0 Å². The lowest BCUT2D eigenvalue weighted by molar-refractivity contribution is -0.139. The quantitative estimate of drug-likeness (QED) is 0.515. The minimum absolute atomic E-state index is 0.0335. The van der Waals surface area contributed by atoms with Gasteiger partial charge in [-0.05, 0) is 68.8 Å². The largest absolute Gasteiger partial charge is 0.480 e. The first-order chi connectivity index (χ1) is 14.8. The molecule has 6 heteroatoms. The number of hydrogen-bond acceptors (Lipinski definition) is 4. The fourth-order valence-corrected chi connectivity index (χ4v) is 3.98. The van der Waals surface area contributed by atoms with Gasteiger partial charge in [-0.2, -0.15) is 0 Å². The number of carboxylic acid groups (broad SMARTS) is 1. The summed E-state index contributed by atoms with van der Waals surface area (Å²) in [6.07, 6.45) is 1.21. The summed E-state index contributed by atoms with van der Waals surface area (Å²) >= 11 is 0. The summed E-state index contributed by atoms with van der Waals surface area (Å²) in [5.74, 6) is -1.10. The van der Waals surface area contributed by atoms with Crippen LogP contribution < -0.4 is 10.6 Å². The first kappa shape index (κ1) is 22.8. The number of ether oxygens (including phenoxy) is 1. The van der Waals surface area contributed by atoms with Crippen molar-refractivity contribution < 1.29 is 19.4 Å². The summed E-state index contributed by atoms with van der Waals surface area (Å²) in [6.45, 7) is 7.24. The van der Waals surface area contributed by atoms with Gasteiger partial charge >= 0.3 is 12.1 Å². The molecular weight excluding hydrogens is 392 g/mol. The topological polar surface area (TPSA) is 87.7 Å². The molecule has 0 saturated carbocycles. The van der Waals surface area contributed by atoms with E-state index in [1.807, 2.05) is 36.4 Å². The Morgan fingerprint density at radius 2 is 1.58 bits per heavy atom. The molecule has 0 heterocycles. The van der Waals surface area contributed by atoms with Crippen molar-refractivity contribution in [3.63, 3.8) is 0 Å². The molecule has 0 aliphatic heterocycles. The normalized spacial score (nSPS) is 13.9. The SMILES string of the molecule is CC(C)(C)NCCCC[C@H](NC(=O)OCC1c2ccccc2-c2ccccc21)C(=O)O. The van der Waals surface area contributed by atoms with Crippen molar-refractivity contribution >= 4 is 12.1 Å². The third-order valence-electron chi connectivity index (χ3n) is 5.51. The monoisotopic (exact) mass is 424 g/mol. The van der Waals surface area contributed by atoms with E-state index in [0.717, 1.165) is 35.2 Å². The number of rotatable bonds is 9. The molecule has 0 bridgehead atoms. The summed E-state index contributed by atoms with van der Waals surface area (Å²) in [7, 11) is 0. The average Bonchev–Trinajstić information content (AvgIpc) is 3.04. The summed E-state index contributed by atoms with van der Waals surface area (Å²) in [6, 6.07) is 15.2. The number of amides is 1. The molecular formula is C25H32N2O4. The molecule has 0 radical (unpaired) electrons. The second-order valence-corrected chi connectivity index (χ2v) is 9.03. The Morgan fingerprint density at radius 3 is 2.13 bits per heavy atom. The van der Waals surface area contributed by atoms with Gasteiger partial charge < -0.3 is 20.5 Å². The Balaban J connectivity index is 1.52. The van der Waals surface area contributed by atoms with Gasteiger partial charge in [0.15, 0.2) is 0 Å². The van der Waals surface area contributed by atoms with E-state index in [2.05, 4.69) is 43.5 Å². The number of nitrogens with one attached hydrogen (secondary N) is 2.